The van der Waals surface area contributed by atoms with Crippen molar-refractivity contribution in [1.29, 1.82) is 0 Å². The molecule has 1 N–H and O–H groups in total. The lowest BCUT2D eigenvalue weighted by molar-refractivity contribution is -0.121. The van der Waals surface area contributed by atoms with E-state index in [1.807, 2.05) is 60.7 Å². The van der Waals surface area contributed by atoms with Crippen LogP contribution in [0.3, 0.4) is 0 Å². The lowest BCUT2D eigenvalue weighted by atomic mass is 9.90. The summed E-state index contributed by atoms with van der Waals surface area (Å²) in [6, 6.07) is 26.0. The normalized spacial score (nSPS) is 10.6. The number of amides is 1. The van der Waals surface area contributed by atoms with Crippen LogP contribution >= 0.6 is 0 Å². The van der Waals surface area contributed by atoms with E-state index in [0.717, 1.165) is 11.1 Å². The zero-order chi connectivity index (χ0) is 17.5. The highest BCUT2D eigenvalue weighted by Crippen LogP contribution is 2.24. The Morgan fingerprint density at radius 3 is 1.88 bits per heavy atom. The van der Waals surface area contributed by atoms with E-state index in [0.29, 0.717) is 18.5 Å². The third-order valence-electron chi connectivity index (χ3n) is 4.18. The molecule has 0 spiro atoms. The maximum absolute atomic E-state index is 13.7. The van der Waals surface area contributed by atoms with Crippen molar-refractivity contribution >= 4 is 5.91 Å². The van der Waals surface area contributed by atoms with Crippen LogP contribution in [0, 0.1) is 5.82 Å². The van der Waals surface area contributed by atoms with Gasteiger partial charge in [-0.25, -0.2) is 4.39 Å². The third-order valence-corrected chi connectivity index (χ3v) is 4.18. The van der Waals surface area contributed by atoms with Gasteiger partial charge in [-0.15, -0.1) is 0 Å². The molecule has 0 saturated heterocycles. The minimum absolute atomic E-state index is 0.0752. The Kier molecular flexibility index (Phi) is 5.57. The van der Waals surface area contributed by atoms with Gasteiger partial charge in [-0.1, -0.05) is 78.9 Å². The van der Waals surface area contributed by atoms with Crippen molar-refractivity contribution in [2.45, 2.75) is 12.3 Å². The molecule has 1 amide bonds. The molecule has 2 nitrogen and oxygen atoms in total. The number of hydrogen-bond acceptors (Lipinski definition) is 1. The summed E-state index contributed by atoms with van der Waals surface area (Å²) >= 11 is 0. The maximum atomic E-state index is 13.7. The number of carbonyl (C=O) groups is 1. The number of rotatable bonds is 6. The van der Waals surface area contributed by atoms with E-state index in [1.165, 1.54) is 6.07 Å². The third kappa shape index (κ3) is 4.32. The number of hydrogen-bond donors (Lipinski definition) is 1. The lowest BCUT2D eigenvalue weighted by Crippen LogP contribution is -2.31. The van der Waals surface area contributed by atoms with Gasteiger partial charge in [-0.05, 0) is 29.2 Å². The molecule has 0 unspecified atom stereocenters. The predicted molar refractivity (Wildman–Crippen MR) is 97.8 cm³/mol. The zero-order valence-corrected chi connectivity index (χ0v) is 13.9. The molecule has 0 aromatic heterocycles. The van der Waals surface area contributed by atoms with E-state index in [1.54, 1.807) is 18.2 Å². The summed E-state index contributed by atoms with van der Waals surface area (Å²) in [6.45, 7) is 0.399. The molecular weight excluding hydrogens is 313 g/mol. The van der Waals surface area contributed by atoms with Crippen molar-refractivity contribution in [2.75, 3.05) is 6.54 Å². The number of carbonyl (C=O) groups excluding carboxylic acids is 1. The maximum Gasteiger partial charge on any atom is 0.232 e. The highest BCUT2D eigenvalue weighted by Gasteiger charge is 2.22. The molecule has 126 valence electrons. The van der Waals surface area contributed by atoms with Crippen LogP contribution in [0.15, 0.2) is 84.9 Å². The highest BCUT2D eigenvalue weighted by molar-refractivity contribution is 5.87. The minimum Gasteiger partial charge on any atom is -0.355 e. The van der Waals surface area contributed by atoms with Gasteiger partial charge in [0, 0.05) is 6.54 Å². The van der Waals surface area contributed by atoms with Crippen LogP contribution < -0.4 is 5.32 Å². The Labute approximate surface area is 147 Å². The summed E-state index contributed by atoms with van der Waals surface area (Å²) in [5, 5.41) is 2.95. The van der Waals surface area contributed by atoms with Gasteiger partial charge in [0.1, 0.15) is 5.82 Å². The molecule has 0 aliphatic heterocycles. The summed E-state index contributed by atoms with van der Waals surface area (Å²) < 4.78 is 13.7. The molecule has 0 bridgehead atoms. The number of nitrogens with one attached hydrogen (secondary N) is 1. The van der Waals surface area contributed by atoms with Crippen LogP contribution in [0.2, 0.25) is 0 Å². The van der Waals surface area contributed by atoms with Crippen LogP contribution in [0.1, 0.15) is 22.6 Å². The van der Waals surface area contributed by atoms with Crippen molar-refractivity contribution in [3.63, 3.8) is 0 Å². The van der Waals surface area contributed by atoms with Gasteiger partial charge in [0.25, 0.3) is 0 Å². The Morgan fingerprint density at radius 2 is 1.32 bits per heavy atom. The molecule has 3 aromatic rings. The van der Waals surface area contributed by atoms with Gasteiger partial charge in [0.05, 0.1) is 5.92 Å². The van der Waals surface area contributed by atoms with E-state index in [-0.39, 0.29) is 17.6 Å². The van der Waals surface area contributed by atoms with Crippen molar-refractivity contribution < 1.29 is 9.18 Å². The van der Waals surface area contributed by atoms with Crippen LogP contribution in [0.5, 0.6) is 0 Å². The van der Waals surface area contributed by atoms with Crippen molar-refractivity contribution in [2.24, 2.45) is 0 Å². The van der Waals surface area contributed by atoms with E-state index in [4.69, 9.17) is 0 Å². The monoisotopic (exact) mass is 333 g/mol. The molecule has 0 aliphatic rings. The highest BCUT2D eigenvalue weighted by atomic mass is 19.1. The standard InChI is InChI=1S/C22H20FNO/c23-20-14-8-7-9-17(20)15-16-24-22(25)21(18-10-3-1-4-11-18)19-12-5-2-6-13-19/h1-14,21H,15-16H2,(H,24,25). The molecule has 0 fully saturated rings. The van der Waals surface area contributed by atoms with E-state index in [2.05, 4.69) is 5.32 Å². The lowest BCUT2D eigenvalue weighted by Gasteiger charge is -2.18. The first-order chi connectivity index (χ1) is 12.3. The van der Waals surface area contributed by atoms with Gasteiger partial charge < -0.3 is 5.32 Å². The van der Waals surface area contributed by atoms with E-state index >= 15 is 0 Å². The second-order valence-electron chi connectivity index (χ2n) is 5.89. The zero-order valence-electron chi connectivity index (χ0n) is 13.9. The predicted octanol–water partition coefficient (Wildman–Crippen LogP) is 4.32. The Morgan fingerprint density at radius 1 is 0.800 bits per heavy atom. The fourth-order valence-electron chi connectivity index (χ4n) is 2.91. The SMILES string of the molecule is O=C(NCCc1ccccc1F)C(c1ccccc1)c1ccccc1. The summed E-state index contributed by atoms with van der Waals surface area (Å²) in [7, 11) is 0. The molecule has 0 aliphatic carbocycles. The average Bonchev–Trinajstić information content (AvgIpc) is 2.65. The molecule has 3 heteroatoms. The summed E-state index contributed by atoms with van der Waals surface area (Å²) in [5.41, 5.74) is 2.49. The van der Waals surface area contributed by atoms with E-state index in [9.17, 15) is 9.18 Å². The van der Waals surface area contributed by atoms with Crippen molar-refractivity contribution in [3.8, 4) is 0 Å². The quantitative estimate of drug-likeness (QED) is 0.715. The smallest absolute Gasteiger partial charge is 0.232 e. The molecule has 0 radical (unpaired) electrons. The molecule has 25 heavy (non-hydrogen) atoms. The summed E-state index contributed by atoms with van der Waals surface area (Å²) in [6.07, 6.45) is 0.467. The van der Waals surface area contributed by atoms with Gasteiger partial charge in [-0.2, -0.15) is 0 Å². The largest absolute Gasteiger partial charge is 0.355 e. The van der Waals surface area contributed by atoms with Crippen LogP contribution in [0.25, 0.3) is 0 Å². The van der Waals surface area contributed by atoms with Crippen molar-refractivity contribution in [3.05, 3.63) is 107 Å². The van der Waals surface area contributed by atoms with Crippen molar-refractivity contribution in [1.82, 2.24) is 5.32 Å². The van der Waals surface area contributed by atoms with Gasteiger partial charge in [-0.3, -0.25) is 4.79 Å². The first-order valence-electron chi connectivity index (χ1n) is 8.36. The van der Waals surface area contributed by atoms with Gasteiger partial charge >= 0.3 is 0 Å². The molecular formula is C22H20FNO. The molecule has 3 rings (SSSR count). The molecule has 0 saturated carbocycles. The van der Waals surface area contributed by atoms with Crippen LogP contribution in [-0.4, -0.2) is 12.5 Å². The first kappa shape index (κ1) is 16.9. The topological polar surface area (TPSA) is 29.1 Å². The second kappa shape index (κ2) is 8.25. The number of halogens is 1. The van der Waals surface area contributed by atoms with Gasteiger partial charge in [0.15, 0.2) is 0 Å². The summed E-state index contributed by atoms with van der Waals surface area (Å²) in [4.78, 5) is 12.8. The average molecular weight is 333 g/mol. The molecule has 0 heterocycles. The van der Waals surface area contributed by atoms with Crippen LogP contribution in [-0.2, 0) is 11.2 Å². The van der Waals surface area contributed by atoms with Gasteiger partial charge in [0.2, 0.25) is 5.91 Å². The van der Waals surface area contributed by atoms with E-state index < -0.39 is 0 Å². The van der Waals surface area contributed by atoms with Crippen LogP contribution in [0.4, 0.5) is 4.39 Å². The Hall–Kier alpha value is -2.94. The minimum atomic E-state index is -0.372. The molecule has 0 atom stereocenters. The fourth-order valence-corrected chi connectivity index (χ4v) is 2.91. The molecule has 3 aromatic carbocycles. The number of benzene rings is 3. The summed E-state index contributed by atoms with van der Waals surface area (Å²) in [5.74, 6) is -0.684. The fraction of sp³-hybridized carbons (Fsp3) is 0.136. The second-order valence-corrected chi connectivity index (χ2v) is 5.89. The first-order valence-corrected chi connectivity index (χ1v) is 8.36. The Balaban J connectivity index is 1.73. The Bertz CT molecular complexity index is 778.